The average molecular weight is 342 g/mol. The van der Waals surface area contributed by atoms with E-state index in [4.69, 9.17) is 11.6 Å². The van der Waals surface area contributed by atoms with Gasteiger partial charge in [-0.3, -0.25) is 0 Å². The van der Waals surface area contributed by atoms with Crippen LogP contribution >= 0.6 is 11.6 Å². The highest BCUT2D eigenvalue weighted by Crippen LogP contribution is 2.36. The van der Waals surface area contributed by atoms with Crippen molar-refractivity contribution in [3.05, 3.63) is 64.7 Å². The predicted molar refractivity (Wildman–Crippen MR) is 97.9 cm³/mol. The molecule has 0 bridgehead atoms. The summed E-state index contributed by atoms with van der Waals surface area (Å²) in [4.78, 5) is 2.27. The summed E-state index contributed by atoms with van der Waals surface area (Å²) in [5, 5.41) is 12.2. The zero-order valence-electron chi connectivity index (χ0n) is 13.9. The van der Waals surface area contributed by atoms with Crippen molar-refractivity contribution in [3.8, 4) is 0 Å². The average Bonchev–Trinajstić information content (AvgIpc) is 2.91. The fourth-order valence-electron chi connectivity index (χ4n) is 3.82. The molecule has 3 nitrogen and oxygen atoms in total. The largest absolute Gasteiger partial charge is 0.346 e. The molecular weight excluding hydrogens is 320 g/mol. The zero-order valence-corrected chi connectivity index (χ0v) is 14.6. The Balaban J connectivity index is 1.78. The molecule has 1 unspecified atom stereocenters. The maximum Gasteiger partial charge on any atom is 0.271 e. The smallest absolute Gasteiger partial charge is 0.271 e. The van der Waals surface area contributed by atoms with Gasteiger partial charge in [-0.15, -0.1) is 0 Å². The van der Waals surface area contributed by atoms with Crippen molar-refractivity contribution < 1.29 is 9.68 Å². The maximum absolute atomic E-state index is 11.6. The van der Waals surface area contributed by atoms with Gasteiger partial charge in [-0.1, -0.05) is 41.4 Å². The Morgan fingerprint density at radius 2 is 1.75 bits per heavy atom. The molecule has 0 saturated carbocycles. The molecule has 2 aromatic carbocycles. The molecule has 4 heteroatoms. The first-order chi connectivity index (χ1) is 11.6. The number of benzene rings is 2. The molecule has 0 saturated heterocycles. The van der Waals surface area contributed by atoms with Gasteiger partial charge in [0, 0.05) is 17.0 Å². The van der Waals surface area contributed by atoms with Crippen LogP contribution in [0.4, 0.5) is 5.69 Å². The number of aliphatic hydroxyl groups is 1. The number of anilines is 1. The Labute approximate surface area is 147 Å². The third-order valence-corrected chi connectivity index (χ3v) is 5.38. The topological polar surface area (TPSA) is 26.5 Å². The molecule has 24 heavy (non-hydrogen) atoms. The third-order valence-electron chi connectivity index (χ3n) is 5.13. The molecule has 0 spiro atoms. The standard InChI is InChI=1S/C20H22ClN2O/c1-15-5-11-18(12-6-15)22-14-20(24,16-7-9-17(21)10-8-16)23-13-3-2-4-19(22)23/h5-12,24H,2-4,13-14H2,1H3/q+1. The quantitative estimate of drug-likeness (QED) is 0.838. The number of halogens is 1. The van der Waals surface area contributed by atoms with Gasteiger partial charge in [-0.2, -0.15) is 0 Å². The van der Waals surface area contributed by atoms with Gasteiger partial charge < -0.3 is 5.11 Å². The summed E-state index contributed by atoms with van der Waals surface area (Å²) < 4.78 is 2.18. The Morgan fingerprint density at radius 1 is 1.04 bits per heavy atom. The van der Waals surface area contributed by atoms with E-state index in [0.717, 1.165) is 30.6 Å². The van der Waals surface area contributed by atoms with Gasteiger partial charge in [-0.05, 0) is 44.0 Å². The van der Waals surface area contributed by atoms with Crippen LogP contribution in [0.5, 0.6) is 0 Å². The van der Waals surface area contributed by atoms with E-state index in [9.17, 15) is 5.11 Å². The Morgan fingerprint density at radius 3 is 2.46 bits per heavy atom. The van der Waals surface area contributed by atoms with Gasteiger partial charge in [0.1, 0.15) is 5.69 Å². The molecule has 0 aliphatic carbocycles. The Bertz CT molecular complexity index is 782. The van der Waals surface area contributed by atoms with Gasteiger partial charge in [0.05, 0.1) is 6.54 Å². The fourth-order valence-corrected chi connectivity index (χ4v) is 3.95. The number of nitrogens with zero attached hydrogens (tertiary/aromatic N) is 2. The summed E-state index contributed by atoms with van der Waals surface area (Å²) in [5.74, 6) is 1.22. The normalized spacial score (nSPS) is 23.5. The van der Waals surface area contributed by atoms with Gasteiger partial charge >= 0.3 is 0 Å². The van der Waals surface area contributed by atoms with E-state index >= 15 is 0 Å². The molecule has 2 heterocycles. The van der Waals surface area contributed by atoms with Crippen LogP contribution in [0.15, 0.2) is 48.5 Å². The summed E-state index contributed by atoms with van der Waals surface area (Å²) in [6.07, 6.45) is 3.29. The van der Waals surface area contributed by atoms with Crippen LogP contribution in [0.1, 0.15) is 30.4 Å². The minimum atomic E-state index is -0.995. The lowest BCUT2D eigenvalue weighted by molar-refractivity contribution is -0.661. The van der Waals surface area contributed by atoms with E-state index in [0.29, 0.717) is 11.6 Å². The fraction of sp³-hybridized carbons (Fsp3) is 0.350. The van der Waals surface area contributed by atoms with Gasteiger partial charge in [0.25, 0.3) is 11.6 Å². The van der Waals surface area contributed by atoms with Gasteiger partial charge in [0.2, 0.25) is 0 Å². The molecule has 124 valence electrons. The molecular formula is C20H22ClN2O+. The molecule has 1 N–H and O–H groups in total. The second-order valence-electron chi connectivity index (χ2n) is 6.77. The van der Waals surface area contributed by atoms with Gasteiger partial charge in [-0.25, -0.2) is 9.48 Å². The SMILES string of the molecule is Cc1ccc(N2CC(O)(c3ccc(Cl)cc3)[N+]3=C2CCCC3)cc1. The summed E-state index contributed by atoms with van der Waals surface area (Å²) in [6.45, 7) is 3.53. The van der Waals surface area contributed by atoms with Crippen molar-refractivity contribution in [2.45, 2.75) is 31.9 Å². The van der Waals surface area contributed by atoms with Crippen molar-refractivity contribution in [1.82, 2.24) is 0 Å². The molecule has 0 amide bonds. The van der Waals surface area contributed by atoms with Crippen LogP contribution in [-0.2, 0) is 5.72 Å². The predicted octanol–water partition coefficient (Wildman–Crippen LogP) is 3.91. The van der Waals surface area contributed by atoms with Crippen LogP contribution < -0.4 is 4.90 Å². The Kier molecular flexibility index (Phi) is 3.86. The molecule has 2 aliphatic heterocycles. The first kappa shape index (κ1) is 15.7. The molecule has 0 radical (unpaired) electrons. The van der Waals surface area contributed by atoms with Crippen LogP contribution in [-0.4, -0.2) is 28.6 Å². The van der Waals surface area contributed by atoms with Crippen LogP contribution in [0.2, 0.25) is 5.02 Å². The van der Waals surface area contributed by atoms with E-state index in [1.807, 2.05) is 24.3 Å². The number of aryl methyl sites for hydroxylation is 1. The molecule has 2 aromatic rings. The third kappa shape index (κ3) is 2.52. The number of hydrogen-bond donors (Lipinski definition) is 1. The molecule has 4 rings (SSSR count). The van der Waals surface area contributed by atoms with Crippen LogP contribution in [0, 0.1) is 6.92 Å². The summed E-state index contributed by atoms with van der Waals surface area (Å²) in [5.41, 5.74) is 2.30. The lowest BCUT2D eigenvalue weighted by Gasteiger charge is -2.24. The van der Waals surface area contributed by atoms with E-state index in [1.54, 1.807) is 0 Å². The summed E-state index contributed by atoms with van der Waals surface area (Å²) in [7, 11) is 0. The lowest BCUT2D eigenvalue weighted by Crippen LogP contribution is -2.41. The second-order valence-corrected chi connectivity index (χ2v) is 7.21. The zero-order chi connectivity index (χ0) is 16.7. The minimum absolute atomic E-state index is 0.549. The first-order valence-electron chi connectivity index (χ1n) is 8.54. The number of amidine groups is 1. The summed E-state index contributed by atoms with van der Waals surface area (Å²) in [6, 6.07) is 16.1. The van der Waals surface area contributed by atoms with Gasteiger partial charge in [0.15, 0.2) is 6.54 Å². The van der Waals surface area contributed by atoms with Crippen molar-refractivity contribution in [3.63, 3.8) is 0 Å². The van der Waals surface area contributed by atoms with E-state index in [2.05, 4.69) is 40.7 Å². The van der Waals surface area contributed by atoms with Crippen LogP contribution in [0.25, 0.3) is 0 Å². The van der Waals surface area contributed by atoms with E-state index in [1.165, 1.54) is 17.8 Å². The van der Waals surface area contributed by atoms with E-state index in [-0.39, 0.29) is 0 Å². The second kappa shape index (κ2) is 5.91. The minimum Gasteiger partial charge on any atom is -0.346 e. The highest BCUT2D eigenvalue weighted by Gasteiger charge is 2.52. The molecule has 1 atom stereocenters. The van der Waals surface area contributed by atoms with Crippen molar-refractivity contribution in [2.24, 2.45) is 0 Å². The number of hydrogen-bond acceptors (Lipinski definition) is 2. The van der Waals surface area contributed by atoms with Crippen molar-refractivity contribution in [1.29, 1.82) is 0 Å². The van der Waals surface area contributed by atoms with Crippen molar-refractivity contribution in [2.75, 3.05) is 18.0 Å². The number of β-amino-alcohol motifs (C(OH)–C–C–N with tert-alkyl or cyclic N) is 1. The lowest BCUT2D eigenvalue weighted by atomic mass is 10.0. The molecule has 0 aromatic heterocycles. The number of rotatable bonds is 2. The molecule has 2 aliphatic rings. The van der Waals surface area contributed by atoms with E-state index < -0.39 is 5.72 Å². The van der Waals surface area contributed by atoms with Crippen molar-refractivity contribution >= 4 is 23.1 Å². The Hall–Kier alpha value is -1.84. The first-order valence-corrected chi connectivity index (χ1v) is 8.92. The maximum atomic E-state index is 11.6. The molecule has 0 fully saturated rings. The van der Waals surface area contributed by atoms with Crippen LogP contribution in [0.3, 0.4) is 0 Å². The monoisotopic (exact) mass is 341 g/mol. The summed E-state index contributed by atoms with van der Waals surface area (Å²) >= 11 is 6.03. The highest BCUT2D eigenvalue weighted by atomic mass is 35.5. The highest BCUT2D eigenvalue weighted by molar-refractivity contribution is 6.30.